The lowest BCUT2D eigenvalue weighted by atomic mass is 9.77. The van der Waals surface area contributed by atoms with Crippen LogP contribution in [0.4, 0.5) is 4.39 Å². The van der Waals surface area contributed by atoms with Crippen LogP contribution in [0.2, 0.25) is 0 Å². The molecule has 1 unspecified atom stereocenters. The first-order valence-electron chi connectivity index (χ1n) is 8.25. The Morgan fingerprint density at radius 2 is 2.12 bits per heavy atom. The molecule has 24 heavy (non-hydrogen) atoms. The van der Waals surface area contributed by atoms with E-state index in [1.807, 2.05) is 0 Å². The maximum absolute atomic E-state index is 14.9. The van der Waals surface area contributed by atoms with E-state index in [1.165, 1.54) is 6.08 Å². The topological polar surface area (TPSA) is 73.9 Å². The summed E-state index contributed by atoms with van der Waals surface area (Å²) in [6.45, 7) is 4.66. The molecule has 1 atom stereocenters. The van der Waals surface area contributed by atoms with Crippen molar-refractivity contribution in [3.05, 3.63) is 23.0 Å². The Bertz CT molecular complexity index is 620. The van der Waals surface area contributed by atoms with Crippen molar-refractivity contribution < 1.29 is 28.2 Å². The number of nitrogens with one attached hydrogen (secondary N) is 1. The van der Waals surface area contributed by atoms with Gasteiger partial charge < -0.3 is 19.5 Å². The molecule has 0 radical (unpaired) electrons. The molecule has 3 rings (SSSR count). The minimum absolute atomic E-state index is 0.184. The zero-order valence-corrected chi connectivity index (χ0v) is 13.9. The van der Waals surface area contributed by atoms with Gasteiger partial charge in [0.1, 0.15) is 18.0 Å². The van der Waals surface area contributed by atoms with E-state index in [4.69, 9.17) is 14.2 Å². The fourth-order valence-electron chi connectivity index (χ4n) is 3.63. The smallest absolute Gasteiger partial charge is 0.335 e. The molecule has 0 bridgehead atoms. The quantitative estimate of drug-likeness (QED) is 0.784. The van der Waals surface area contributed by atoms with Gasteiger partial charge in [-0.05, 0) is 33.0 Å². The summed E-state index contributed by atoms with van der Waals surface area (Å²) in [4.78, 5) is 23.8. The Balaban J connectivity index is 1.81. The summed E-state index contributed by atoms with van der Waals surface area (Å²) in [5.41, 5.74) is -1.25. The van der Waals surface area contributed by atoms with Crippen LogP contribution in [0, 0.1) is 0 Å². The zero-order chi connectivity index (χ0) is 17.4. The third-order valence-electron chi connectivity index (χ3n) is 4.73. The highest BCUT2D eigenvalue weighted by molar-refractivity contribution is 5.95. The van der Waals surface area contributed by atoms with Crippen molar-refractivity contribution in [2.75, 3.05) is 26.3 Å². The number of halogens is 1. The van der Waals surface area contributed by atoms with Crippen LogP contribution >= 0.6 is 0 Å². The molecule has 132 valence electrons. The lowest BCUT2D eigenvalue weighted by molar-refractivity contribution is -0.153. The van der Waals surface area contributed by atoms with Gasteiger partial charge in [-0.2, -0.15) is 0 Å². The first-order valence-corrected chi connectivity index (χ1v) is 8.25. The van der Waals surface area contributed by atoms with Gasteiger partial charge in [-0.15, -0.1) is 0 Å². The molecule has 0 saturated carbocycles. The van der Waals surface area contributed by atoms with E-state index in [2.05, 4.69) is 5.32 Å². The second-order valence-corrected chi connectivity index (χ2v) is 6.56. The molecule has 0 aromatic rings. The van der Waals surface area contributed by atoms with Gasteiger partial charge >= 0.3 is 11.9 Å². The van der Waals surface area contributed by atoms with Crippen LogP contribution in [-0.2, 0) is 23.8 Å². The summed E-state index contributed by atoms with van der Waals surface area (Å²) >= 11 is 0. The SMILES string of the molecule is CCOC(=O)COC1(C)C=C(F)C2=C(C1)C(=O)OC21CCNCC1. The van der Waals surface area contributed by atoms with E-state index in [0.717, 1.165) is 0 Å². The van der Waals surface area contributed by atoms with Crippen molar-refractivity contribution >= 4 is 11.9 Å². The minimum atomic E-state index is -1.08. The first kappa shape index (κ1) is 17.1. The van der Waals surface area contributed by atoms with E-state index in [1.54, 1.807) is 13.8 Å². The van der Waals surface area contributed by atoms with Gasteiger partial charge in [0.15, 0.2) is 0 Å². The maximum Gasteiger partial charge on any atom is 0.335 e. The molecule has 1 saturated heterocycles. The Labute approximate surface area is 140 Å². The average molecular weight is 339 g/mol. The van der Waals surface area contributed by atoms with Gasteiger partial charge in [0, 0.05) is 24.8 Å². The van der Waals surface area contributed by atoms with Crippen LogP contribution in [0.1, 0.15) is 33.1 Å². The van der Waals surface area contributed by atoms with Crippen molar-refractivity contribution in [2.24, 2.45) is 0 Å². The van der Waals surface area contributed by atoms with Crippen molar-refractivity contribution in [1.82, 2.24) is 5.32 Å². The van der Waals surface area contributed by atoms with Crippen LogP contribution in [0.5, 0.6) is 0 Å². The number of esters is 2. The fourth-order valence-corrected chi connectivity index (χ4v) is 3.63. The predicted molar refractivity (Wildman–Crippen MR) is 82.8 cm³/mol. The van der Waals surface area contributed by atoms with Crippen molar-refractivity contribution in [2.45, 2.75) is 44.3 Å². The van der Waals surface area contributed by atoms with E-state index in [-0.39, 0.29) is 19.6 Å². The normalized spacial score (nSPS) is 28.5. The van der Waals surface area contributed by atoms with Crippen LogP contribution in [0.15, 0.2) is 23.0 Å². The van der Waals surface area contributed by atoms with E-state index >= 15 is 0 Å². The molecule has 1 fully saturated rings. The Morgan fingerprint density at radius 3 is 2.79 bits per heavy atom. The lowest BCUT2D eigenvalue weighted by Crippen LogP contribution is -2.44. The molecule has 2 aliphatic heterocycles. The highest BCUT2D eigenvalue weighted by Crippen LogP contribution is 2.49. The summed E-state index contributed by atoms with van der Waals surface area (Å²) in [6.07, 6.45) is 2.64. The van der Waals surface area contributed by atoms with Crippen LogP contribution in [-0.4, -0.2) is 49.4 Å². The summed E-state index contributed by atoms with van der Waals surface area (Å²) < 4.78 is 30.8. The van der Waals surface area contributed by atoms with Crippen molar-refractivity contribution in [3.8, 4) is 0 Å². The van der Waals surface area contributed by atoms with E-state index in [0.29, 0.717) is 37.1 Å². The van der Waals surface area contributed by atoms with Gasteiger partial charge in [-0.1, -0.05) is 0 Å². The molecule has 7 heteroatoms. The second kappa shape index (κ2) is 6.29. The highest BCUT2D eigenvalue weighted by atomic mass is 19.1. The van der Waals surface area contributed by atoms with Gasteiger partial charge in [-0.3, -0.25) is 0 Å². The van der Waals surface area contributed by atoms with Gasteiger partial charge in [-0.25, -0.2) is 14.0 Å². The molecule has 1 spiro atoms. The molecule has 2 heterocycles. The van der Waals surface area contributed by atoms with Crippen LogP contribution < -0.4 is 5.32 Å². The monoisotopic (exact) mass is 339 g/mol. The Hall–Kier alpha value is -1.73. The van der Waals surface area contributed by atoms with Gasteiger partial charge in [0.05, 0.1) is 17.8 Å². The number of ether oxygens (including phenoxy) is 3. The summed E-state index contributed by atoms with van der Waals surface area (Å²) in [6, 6.07) is 0. The number of carbonyl (C=O) groups excluding carboxylic acids is 2. The molecule has 1 N–H and O–H groups in total. The fraction of sp³-hybridized carbons (Fsp3) is 0.647. The summed E-state index contributed by atoms with van der Waals surface area (Å²) in [5.74, 6) is -1.49. The van der Waals surface area contributed by atoms with Crippen molar-refractivity contribution in [1.29, 1.82) is 0 Å². The van der Waals surface area contributed by atoms with E-state index < -0.39 is 29.0 Å². The van der Waals surface area contributed by atoms with Crippen LogP contribution in [0.3, 0.4) is 0 Å². The van der Waals surface area contributed by atoms with Crippen LogP contribution in [0.25, 0.3) is 0 Å². The number of fused-ring (bicyclic) bond motifs is 1. The molecular weight excluding hydrogens is 317 g/mol. The molecule has 0 aromatic heterocycles. The Kier molecular flexibility index (Phi) is 4.48. The molecule has 0 amide bonds. The molecule has 1 aliphatic carbocycles. The zero-order valence-electron chi connectivity index (χ0n) is 13.9. The number of piperidine rings is 1. The Morgan fingerprint density at radius 1 is 1.42 bits per heavy atom. The maximum atomic E-state index is 14.9. The second-order valence-electron chi connectivity index (χ2n) is 6.56. The average Bonchev–Trinajstić information content (AvgIpc) is 2.78. The summed E-state index contributed by atoms with van der Waals surface area (Å²) in [7, 11) is 0. The molecule has 0 aromatic carbocycles. The molecular formula is C17H22FNO5. The number of hydrogen-bond acceptors (Lipinski definition) is 6. The lowest BCUT2D eigenvalue weighted by Gasteiger charge is -2.36. The minimum Gasteiger partial charge on any atom is -0.464 e. The summed E-state index contributed by atoms with van der Waals surface area (Å²) in [5, 5.41) is 3.19. The van der Waals surface area contributed by atoms with Crippen molar-refractivity contribution in [3.63, 3.8) is 0 Å². The number of carbonyl (C=O) groups is 2. The third kappa shape index (κ3) is 2.98. The predicted octanol–water partition coefficient (Wildman–Crippen LogP) is 1.56. The molecule has 3 aliphatic rings. The first-order chi connectivity index (χ1) is 11.4. The molecule has 6 nitrogen and oxygen atoms in total. The highest BCUT2D eigenvalue weighted by Gasteiger charge is 2.53. The largest absolute Gasteiger partial charge is 0.464 e. The number of rotatable bonds is 4. The third-order valence-corrected chi connectivity index (χ3v) is 4.73. The van der Waals surface area contributed by atoms with Gasteiger partial charge in [0.2, 0.25) is 0 Å². The van der Waals surface area contributed by atoms with Gasteiger partial charge in [0.25, 0.3) is 0 Å². The standard InChI is InChI=1S/C17H22FNO5/c1-3-22-13(20)10-23-16(2)8-11-14(12(18)9-16)17(24-15(11)21)4-6-19-7-5-17/h9,19H,3-8,10H2,1-2H3. The number of hydrogen-bond donors (Lipinski definition) is 1. The van der Waals surface area contributed by atoms with E-state index in [9.17, 15) is 14.0 Å².